The van der Waals surface area contributed by atoms with E-state index in [-0.39, 0.29) is 5.91 Å². The van der Waals surface area contributed by atoms with E-state index in [0.29, 0.717) is 13.0 Å². The minimum Gasteiger partial charge on any atom is -0.359 e. The number of H-pyrrole nitrogens is 1. The predicted molar refractivity (Wildman–Crippen MR) is 65.3 cm³/mol. The molecule has 4 N–H and O–H groups in total. The Hall–Kier alpha value is -1.81. The summed E-state index contributed by atoms with van der Waals surface area (Å²) in [6, 6.07) is 7.84. The highest BCUT2D eigenvalue weighted by Gasteiger charge is 2.02. The molecule has 1 aromatic heterocycles. The van der Waals surface area contributed by atoms with Gasteiger partial charge in [0.05, 0.1) is 0 Å². The Morgan fingerprint density at radius 3 is 3.00 bits per heavy atom. The van der Waals surface area contributed by atoms with Gasteiger partial charge in [0.25, 0.3) is 0 Å². The molecule has 16 heavy (non-hydrogen) atoms. The molecule has 1 aromatic carbocycles. The minimum atomic E-state index is -0.0471. The van der Waals surface area contributed by atoms with E-state index < -0.39 is 0 Å². The molecule has 2 rings (SSSR count). The number of carbonyl (C=O) groups excluding carboxylic acids is 1. The SMILES string of the molecule is Cc1cc2cc(NC(=O)CCN)ccc2[nH]1. The fourth-order valence-corrected chi connectivity index (χ4v) is 1.71. The number of benzene rings is 1. The molecule has 0 radical (unpaired) electrons. The zero-order chi connectivity index (χ0) is 11.5. The minimum absolute atomic E-state index is 0.0471. The van der Waals surface area contributed by atoms with Crippen molar-refractivity contribution >= 4 is 22.5 Å². The lowest BCUT2D eigenvalue weighted by Gasteiger charge is -2.03. The highest BCUT2D eigenvalue weighted by atomic mass is 16.1. The van der Waals surface area contributed by atoms with Gasteiger partial charge in [0.15, 0.2) is 0 Å². The van der Waals surface area contributed by atoms with E-state index in [1.54, 1.807) is 0 Å². The smallest absolute Gasteiger partial charge is 0.225 e. The molecule has 0 unspecified atom stereocenters. The van der Waals surface area contributed by atoms with Crippen molar-refractivity contribution < 1.29 is 4.79 Å². The maximum absolute atomic E-state index is 11.4. The van der Waals surface area contributed by atoms with Crippen LogP contribution in [0.5, 0.6) is 0 Å². The largest absolute Gasteiger partial charge is 0.359 e. The fourth-order valence-electron chi connectivity index (χ4n) is 1.71. The zero-order valence-corrected chi connectivity index (χ0v) is 9.21. The summed E-state index contributed by atoms with van der Waals surface area (Å²) in [5.74, 6) is -0.0471. The van der Waals surface area contributed by atoms with Crippen molar-refractivity contribution in [2.24, 2.45) is 5.73 Å². The molecule has 0 aliphatic heterocycles. The van der Waals surface area contributed by atoms with Crippen molar-refractivity contribution in [3.8, 4) is 0 Å². The summed E-state index contributed by atoms with van der Waals surface area (Å²) in [5.41, 5.74) is 8.31. The molecule has 0 fully saturated rings. The number of hydrogen-bond donors (Lipinski definition) is 3. The number of carbonyl (C=O) groups is 1. The number of rotatable bonds is 3. The van der Waals surface area contributed by atoms with Gasteiger partial charge in [-0.2, -0.15) is 0 Å². The van der Waals surface area contributed by atoms with Gasteiger partial charge in [-0.25, -0.2) is 0 Å². The molecule has 1 heterocycles. The number of amides is 1. The quantitative estimate of drug-likeness (QED) is 0.733. The summed E-state index contributed by atoms with van der Waals surface area (Å²) in [6.07, 6.45) is 0.351. The van der Waals surface area contributed by atoms with E-state index in [4.69, 9.17) is 5.73 Å². The standard InChI is InChI=1S/C12H15N3O/c1-8-6-9-7-10(2-3-11(9)14-8)15-12(16)4-5-13/h2-3,6-7,14H,4-5,13H2,1H3,(H,15,16). The summed E-state index contributed by atoms with van der Waals surface area (Å²) in [4.78, 5) is 14.6. The number of aromatic nitrogens is 1. The molecule has 1 amide bonds. The third-order valence-electron chi connectivity index (χ3n) is 2.41. The van der Waals surface area contributed by atoms with Gasteiger partial charge in [0.1, 0.15) is 0 Å². The molecule has 84 valence electrons. The van der Waals surface area contributed by atoms with Crippen LogP contribution in [0.3, 0.4) is 0 Å². The Kier molecular flexibility index (Phi) is 2.92. The molecular formula is C12H15N3O. The van der Waals surface area contributed by atoms with Crippen molar-refractivity contribution in [2.45, 2.75) is 13.3 Å². The van der Waals surface area contributed by atoms with Gasteiger partial charge in [-0.05, 0) is 31.2 Å². The first-order chi connectivity index (χ1) is 7.69. The third-order valence-corrected chi connectivity index (χ3v) is 2.41. The Bertz CT molecular complexity index is 516. The third kappa shape index (κ3) is 2.23. The van der Waals surface area contributed by atoms with Crippen molar-refractivity contribution in [1.82, 2.24) is 4.98 Å². The van der Waals surface area contributed by atoms with Gasteiger partial charge in [0, 0.05) is 35.2 Å². The van der Waals surface area contributed by atoms with E-state index in [9.17, 15) is 4.79 Å². The second kappa shape index (κ2) is 4.37. The summed E-state index contributed by atoms with van der Waals surface area (Å²) in [5, 5.41) is 3.91. The number of nitrogens with two attached hydrogens (primary N) is 1. The van der Waals surface area contributed by atoms with Gasteiger partial charge in [-0.1, -0.05) is 0 Å². The Morgan fingerprint density at radius 2 is 2.25 bits per heavy atom. The van der Waals surface area contributed by atoms with Crippen molar-refractivity contribution in [1.29, 1.82) is 0 Å². The van der Waals surface area contributed by atoms with E-state index in [2.05, 4.69) is 10.3 Å². The van der Waals surface area contributed by atoms with Crippen LogP contribution in [0.4, 0.5) is 5.69 Å². The van der Waals surface area contributed by atoms with Gasteiger partial charge < -0.3 is 16.0 Å². The molecule has 2 aromatic rings. The maximum Gasteiger partial charge on any atom is 0.225 e. The molecule has 4 heteroatoms. The van der Waals surface area contributed by atoms with E-state index in [1.165, 1.54) is 0 Å². The summed E-state index contributed by atoms with van der Waals surface area (Å²) in [6.45, 7) is 2.38. The van der Waals surface area contributed by atoms with E-state index >= 15 is 0 Å². The second-order valence-electron chi connectivity index (χ2n) is 3.84. The van der Waals surface area contributed by atoms with E-state index in [0.717, 1.165) is 22.3 Å². The lowest BCUT2D eigenvalue weighted by atomic mass is 10.2. The molecule has 0 bridgehead atoms. The van der Waals surface area contributed by atoms with Gasteiger partial charge in [-0.3, -0.25) is 4.79 Å². The predicted octanol–water partition coefficient (Wildman–Crippen LogP) is 1.76. The lowest BCUT2D eigenvalue weighted by molar-refractivity contribution is -0.116. The normalized spacial score (nSPS) is 10.6. The van der Waals surface area contributed by atoms with Crippen molar-refractivity contribution in [3.05, 3.63) is 30.0 Å². The van der Waals surface area contributed by atoms with Gasteiger partial charge >= 0.3 is 0 Å². The number of anilines is 1. The number of aryl methyl sites for hydroxylation is 1. The van der Waals surface area contributed by atoms with E-state index in [1.807, 2.05) is 31.2 Å². The van der Waals surface area contributed by atoms with Crippen LogP contribution in [-0.2, 0) is 4.79 Å². The van der Waals surface area contributed by atoms with Crippen LogP contribution in [0.2, 0.25) is 0 Å². The average molecular weight is 217 g/mol. The second-order valence-corrected chi connectivity index (χ2v) is 3.84. The molecule has 4 nitrogen and oxygen atoms in total. The van der Waals surface area contributed by atoms with Crippen LogP contribution in [0.15, 0.2) is 24.3 Å². The number of hydrogen-bond acceptors (Lipinski definition) is 2. The molecular weight excluding hydrogens is 202 g/mol. The summed E-state index contributed by atoms with van der Waals surface area (Å²) in [7, 11) is 0. The highest BCUT2D eigenvalue weighted by Crippen LogP contribution is 2.19. The van der Waals surface area contributed by atoms with Crippen LogP contribution in [0.25, 0.3) is 10.9 Å². The monoisotopic (exact) mass is 217 g/mol. The molecule has 0 spiro atoms. The molecule has 0 aliphatic carbocycles. The van der Waals surface area contributed by atoms with Crippen LogP contribution < -0.4 is 11.1 Å². The number of nitrogens with one attached hydrogen (secondary N) is 2. The first-order valence-electron chi connectivity index (χ1n) is 5.28. The van der Waals surface area contributed by atoms with Gasteiger partial charge in [-0.15, -0.1) is 0 Å². The molecule has 0 atom stereocenters. The van der Waals surface area contributed by atoms with Crippen LogP contribution >= 0.6 is 0 Å². The Morgan fingerprint density at radius 1 is 1.44 bits per heavy atom. The van der Waals surface area contributed by atoms with Crippen LogP contribution in [0, 0.1) is 6.92 Å². The first kappa shape index (κ1) is 10.7. The maximum atomic E-state index is 11.4. The summed E-state index contributed by atoms with van der Waals surface area (Å²) < 4.78 is 0. The number of aromatic amines is 1. The highest BCUT2D eigenvalue weighted by molar-refractivity contribution is 5.94. The Balaban J connectivity index is 2.22. The van der Waals surface area contributed by atoms with Crippen molar-refractivity contribution in [2.75, 3.05) is 11.9 Å². The number of fused-ring (bicyclic) bond motifs is 1. The fraction of sp³-hybridized carbons (Fsp3) is 0.250. The molecule has 0 saturated heterocycles. The first-order valence-corrected chi connectivity index (χ1v) is 5.28. The summed E-state index contributed by atoms with van der Waals surface area (Å²) >= 11 is 0. The topological polar surface area (TPSA) is 70.9 Å². The Labute approximate surface area is 93.8 Å². The zero-order valence-electron chi connectivity index (χ0n) is 9.21. The van der Waals surface area contributed by atoms with Crippen molar-refractivity contribution in [3.63, 3.8) is 0 Å². The van der Waals surface area contributed by atoms with Crippen LogP contribution in [-0.4, -0.2) is 17.4 Å². The molecule has 0 saturated carbocycles. The van der Waals surface area contributed by atoms with Crippen LogP contribution in [0.1, 0.15) is 12.1 Å². The molecule has 0 aliphatic rings. The lowest BCUT2D eigenvalue weighted by Crippen LogP contribution is -2.15. The average Bonchev–Trinajstić information content (AvgIpc) is 2.57. The van der Waals surface area contributed by atoms with Gasteiger partial charge in [0.2, 0.25) is 5.91 Å².